The average Bonchev–Trinajstić information content (AvgIpc) is 2.91. The molecule has 0 atom stereocenters. The molecular weight excluding hydrogens is 494 g/mol. The summed E-state index contributed by atoms with van der Waals surface area (Å²) in [5.74, 6) is 1.48. The first-order valence-electron chi connectivity index (χ1n) is 11.8. The van der Waals surface area contributed by atoms with Crippen LogP contribution in [-0.4, -0.2) is 25.3 Å². The van der Waals surface area contributed by atoms with Gasteiger partial charge in [-0.15, -0.1) is 0 Å². The summed E-state index contributed by atoms with van der Waals surface area (Å²) in [7, 11) is 1.65. The maximum Gasteiger partial charge on any atom is 0.344 e. The fraction of sp³-hybridized carbons (Fsp3) is 0.172. The number of halogens is 1. The van der Waals surface area contributed by atoms with Crippen molar-refractivity contribution in [1.82, 2.24) is 4.90 Å². The molecule has 5 aromatic rings. The van der Waals surface area contributed by atoms with Crippen molar-refractivity contribution in [2.24, 2.45) is 0 Å². The van der Waals surface area contributed by atoms with Gasteiger partial charge in [-0.05, 0) is 60.5 Å². The quantitative estimate of drug-likeness (QED) is 0.281. The summed E-state index contributed by atoms with van der Waals surface area (Å²) >= 11 is 6.14. The van der Waals surface area contributed by atoms with Crippen molar-refractivity contribution < 1.29 is 18.3 Å². The Hall–Kier alpha value is -4.07. The first-order valence-corrected chi connectivity index (χ1v) is 12.2. The van der Waals surface area contributed by atoms with E-state index in [0.29, 0.717) is 51.5 Å². The second kappa shape index (κ2) is 9.42. The Balaban J connectivity index is 1.37. The minimum absolute atomic E-state index is 0.265. The molecule has 37 heavy (non-hydrogen) atoms. The number of ether oxygens (including phenoxy) is 2. The minimum Gasteiger partial charge on any atom is -0.497 e. The summed E-state index contributed by atoms with van der Waals surface area (Å²) in [5, 5.41) is 1.81. The van der Waals surface area contributed by atoms with Crippen LogP contribution in [-0.2, 0) is 13.0 Å². The molecule has 1 aliphatic rings. The number of benzene rings is 3. The highest BCUT2D eigenvalue weighted by Crippen LogP contribution is 2.36. The lowest BCUT2D eigenvalue weighted by molar-refractivity contribution is 0.0968. The van der Waals surface area contributed by atoms with Gasteiger partial charge in [0, 0.05) is 40.5 Å². The van der Waals surface area contributed by atoms with Gasteiger partial charge in [0.25, 0.3) is 0 Å². The van der Waals surface area contributed by atoms with Gasteiger partial charge in [-0.2, -0.15) is 0 Å². The van der Waals surface area contributed by atoms with E-state index in [1.54, 1.807) is 37.4 Å². The summed E-state index contributed by atoms with van der Waals surface area (Å²) in [5.41, 5.74) is 2.38. The van der Waals surface area contributed by atoms with Gasteiger partial charge in [0.05, 0.1) is 18.2 Å². The van der Waals surface area contributed by atoms with E-state index in [9.17, 15) is 9.59 Å². The monoisotopic (exact) mass is 515 g/mol. The van der Waals surface area contributed by atoms with Crippen molar-refractivity contribution in [1.29, 1.82) is 0 Å². The molecule has 0 unspecified atom stereocenters. The molecule has 3 aromatic carbocycles. The maximum atomic E-state index is 12.9. The maximum absolute atomic E-state index is 12.9. The van der Waals surface area contributed by atoms with Crippen LogP contribution in [0.1, 0.15) is 11.1 Å². The number of fused-ring (bicyclic) bond motifs is 4. The lowest BCUT2D eigenvalue weighted by Gasteiger charge is -2.29. The van der Waals surface area contributed by atoms with Crippen LogP contribution >= 0.6 is 11.6 Å². The van der Waals surface area contributed by atoms with Gasteiger partial charge in [0.1, 0.15) is 29.4 Å². The van der Waals surface area contributed by atoms with Crippen LogP contribution in [0.2, 0.25) is 5.02 Å². The molecule has 186 valence electrons. The summed E-state index contributed by atoms with van der Waals surface area (Å²) in [6.45, 7) is 1.71. The molecule has 2 aromatic heterocycles. The van der Waals surface area contributed by atoms with Crippen molar-refractivity contribution in [2.45, 2.75) is 13.0 Å². The summed E-state index contributed by atoms with van der Waals surface area (Å²) in [4.78, 5) is 27.7. The third-order valence-electron chi connectivity index (χ3n) is 6.62. The van der Waals surface area contributed by atoms with Crippen LogP contribution in [0.4, 0.5) is 0 Å². The van der Waals surface area contributed by atoms with Gasteiger partial charge < -0.3 is 18.3 Å². The van der Waals surface area contributed by atoms with E-state index < -0.39 is 11.3 Å². The molecule has 0 fully saturated rings. The fourth-order valence-corrected chi connectivity index (χ4v) is 4.89. The molecule has 3 heterocycles. The predicted molar refractivity (Wildman–Crippen MR) is 142 cm³/mol. The minimum atomic E-state index is -0.558. The van der Waals surface area contributed by atoms with Gasteiger partial charge >= 0.3 is 11.3 Å². The third-order valence-corrected chi connectivity index (χ3v) is 6.85. The Morgan fingerprint density at radius 3 is 2.59 bits per heavy atom. The summed E-state index contributed by atoms with van der Waals surface area (Å²) < 4.78 is 22.4. The lowest BCUT2D eigenvalue weighted by Crippen LogP contribution is -2.33. The van der Waals surface area contributed by atoms with E-state index in [4.69, 9.17) is 29.9 Å². The predicted octanol–water partition coefficient (Wildman–Crippen LogP) is 5.62. The standard InChI is InChI=1S/C29H22ClNO6/c1-34-20-5-2-17(3-6-20)10-11-31-15-24-26(35-16-31)9-7-21-22(14-27(32)37-28(21)24)23-13-18-12-19(30)4-8-25(18)36-29(23)33/h2-9,12-14H,10-11,15-16H2,1H3. The molecule has 0 amide bonds. The van der Waals surface area contributed by atoms with Gasteiger partial charge in [0.15, 0.2) is 0 Å². The number of rotatable bonds is 5. The Bertz CT molecular complexity index is 1760. The van der Waals surface area contributed by atoms with Crippen molar-refractivity contribution >= 4 is 33.5 Å². The zero-order chi connectivity index (χ0) is 25.5. The normalized spacial score (nSPS) is 13.5. The molecule has 6 rings (SSSR count). The van der Waals surface area contributed by atoms with Crippen LogP contribution in [0.25, 0.3) is 33.1 Å². The van der Waals surface area contributed by atoms with Crippen molar-refractivity contribution in [2.75, 3.05) is 20.4 Å². The second-order valence-electron chi connectivity index (χ2n) is 8.95. The van der Waals surface area contributed by atoms with E-state index in [-0.39, 0.29) is 5.56 Å². The zero-order valence-electron chi connectivity index (χ0n) is 20.0. The van der Waals surface area contributed by atoms with Crippen LogP contribution in [0.5, 0.6) is 11.5 Å². The molecule has 0 radical (unpaired) electrons. The number of nitrogens with zero attached hydrogens (tertiary/aromatic N) is 1. The zero-order valence-corrected chi connectivity index (χ0v) is 20.7. The largest absolute Gasteiger partial charge is 0.497 e. The lowest BCUT2D eigenvalue weighted by atomic mass is 9.99. The molecule has 0 saturated heterocycles. The van der Waals surface area contributed by atoms with E-state index in [0.717, 1.165) is 24.3 Å². The molecule has 7 nitrogen and oxygen atoms in total. The van der Waals surface area contributed by atoms with Gasteiger partial charge in [-0.3, -0.25) is 4.90 Å². The van der Waals surface area contributed by atoms with Gasteiger partial charge in [0.2, 0.25) is 0 Å². The summed E-state index contributed by atoms with van der Waals surface area (Å²) in [6.07, 6.45) is 0.823. The number of methoxy groups -OCH3 is 1. The van der Waals surface area contributed by atoms with Crippen LogP contribution in [0, 0.1) is 0 Å². The van der Waals surface area contributed by atoms with E-state index in [2.05, 4.69) is 4.90 Å². The van der Waals surface area contributed by atoms with Gasteiger partial charge in [-0.1, -0.05) is 23.7 Å². The van der Waals surface area contributed by atoms with E-state index in [1.807, 2.05) is 30.3 Å². The topological polar surface area (TPSA) is 82.1 Å². The van der Waals surface area contributed by atoms with Crippen molar-refractivity contribution in [3.05, 3.63) is 104 Å². The second-order valence-corrected chi connectivity index (χ2v) is 9.39. The highest BCUT2D eigenvalue weighted by atomic mass is 35.5. The molecule has 0 aliphatic carbocycles. The Kier molecular flexibility index (Phi) is 5.94. The molecule has 0 N–H and O–H groups in total. The van der Waals surface area contributed by atoms with E-state index >= 15 is 0 Å². The SMILES string of the molecule is COc1ccc(CCN2COc3ccc4c(-c5cc6cc(Cl)ccc6oc5=O)cc(=O)oc4c3C2)cc1. The molecule has 8 heteroatoms. The Morgan fingerprint density at radius 2 is 1.78 bits per heavy atom. The summed E-state index contributed by atoms with van der Waals surface area (Å²) in [6, 6.07) is 19.7. The van der Waals surface area contributed by atoms with Crippen molar-refractivity contribution in [3.8, 4) is 22.6 Å². The number of hydrogen-bond acceptors (Lipinski definition) is 7. The molecule has 0 saturated carbocycles. The first kappa shape index (κ1) is 23.3. The average molecular weight is 516 g/mol. The molecule has 1 aliphatic heterocycles. The van der Waals surface area contributed by atoms with Crippen LogP contribution < -0.4 is 20.7 Å². The highest BCUT2D eigenvalue weighted by molar-refractivity contribution is 6.31. The fourth-order valence-electron chi connectivity index (χ4n) is 4.71. The smallest absolute Gasteiger partial charge is 0.344 e. The first-order chi connectivity index (χ1) is 18.0. The van der Waals surface area contributed by atoms with Crippen LogP contribution in [0.3, 0.4) is 0 Å². The highest BCUT2D eigenvalue weighted by Gasteiger charge is 2.23. The third kappa shape index (κ3) is 4.48. The molecule has 0 bridgehead atoms. The van der Waals surface area contributed by atoms with Gasteiger partial charge in [-0.25, -0.2) is 9.59 Å². The van der Waals surface area contributed by atoms with E-state index in [1.165, 1.54) is 11.6 Å². The van der Waals surface area contributed by atoms with Crippen LogP contribution in [0.15, 0.2) is 85.2 Å². The molecule has 0 spiro atoms. The number of hydrogen-bond donors (Lipinski definition) is 0. The van der Waals surface area contributed by atoms with Crippen molar-refractivity contribution in [3.63, 3.8) is 0 Å². The molecular formula is C29H22ClNO6. The Labute approximate surface area is 216 Å². The Morgan fingerprint density at radius 1 is 0.946 bits per heavy atom.